The standard InChI is InChI=1S/C19H24N4O/c1-14-5-3-6-17(22-14)13-23-10-4-7-19(23)18-9-8-16(12-21-18)11-20-15(2)24/h3,5-6,8-9,12,19H,4,7,10-11,13H2,1-2H3,(H,20,24). The maximum atomic E-state index is 11.0. The molecule has 3 rings (SSSR count). The number of carbonyl (C=O) groups excluding carboxylic acids is 1. The molecule has 2 aromatic heterocycles. The van der Waals surface area contributed by atoms with E-state index < -0.39 is 0 Å². The number of aromatic nitrogens is 2. The van der Waals surface area contributed by atoms with Crippen LogP contribution in [0.4, 0.5) is 0 Å². The van der Waals surface area contributed by atoms with Gasteiger partial charge in [0.15, 0.2) is 0 Å². The van der Waals surface area contributed by atoms with E-state index in [4.69, 9.17) is 0 Å². The molecule has 1 saturated heterocycles. The Labute approximate surface area is 143 Å². The van der Waals surface area contributed by atoms with Crippen LogP contribution in [0.5, 0.6) is 0 Å². The van der Waals surface area contributed by atoms with Gasteiger partial charge in [-0.15, -0.1) is 0 Å². The Morgan fingerprint density at radius 2 is 2.21 bits per heavy atom. The first-order valence-electron chi connectivity index (χ1n) is 8.47. The Bertz CT molecular complexity index is 699. The molecule has 0 aliphatic carbocycles. The molecule has 1 atom stereocenters. The van der Waals surface area contributed by atoms with Gasteiger partial charge in [0.05, 0.1) is 17.4 Å². The number of amides is 1. The van der Waals surface area contributed by atoms with Gasteiger partial charge in [-0.05, 0) is 50.1 Å². The summed E-state index contributed by atoms with van der Waals surface area (Å²) in [6.45, 7) is 6.03. The topological polar surface area (TPSA) is 58.1 Å². The Morgan fingerprint density at radius 1 is 1.33 bits per heavy atom. The highest BCUT2D eigenvalue weighted by Crippen LogP contribution is 2.31. The molecule has 1 fully saturated rings. The Kier molecular flexibility index (Phi) is 5.20. The number of nitrogens with zero attached hydrogens (tertiary/aromatic N) is 3. The Morgan fingerprint density at radius 3 is 2.92 bits per heavy atom. The molecule has 1 unspecified atom stereocenters. The zero-order valence-corrected chi connectivity index (χ0v) is 14.3. The van der Waals surface area contributed by atoms with Gasteiger partial charge in [-0.2, -0.15) is 0 Å². The van der Waals surface area contributed by atoms with Gasteiger partial charge in [0, 0.05) is 31.9 Å². The van der Waals surface area contributed by atoms with Crippen molar-refractivity contribution in [3.05, 3.63) is 59.2 Å². The molecular weight excluding hydrogens is 300 g/mol. The summed E-state index contributed by atoms with van der Waals surface area (Å²) in [5.74, 6) is -0.0216. The Balaban J connectivity index is 1.67. The highest BCUT2D eigenvalue weighted by Gasteiger charge is 2.27. The van der Waals surface area contributed by atoms with Crippen LogP contribution in [0.15, 0.2) is 36.5 Å². The van der Waals surface area contributed by atoms with Gasteiger partial charge >= 0.3 is 0 Å². The molecule has 0 saturated carbocycles. The van der Waals surface area contributed by atoms with Crippen LogP contribution in [-0.2, 0) is 17.9 Å². The molecule has 0 bridgehead atoms. The zero-order chi connectivity index (χ0) is 16.9. The zero-order valence-electron chi connectivity index (χ0n) is 14.3. The molecule has 0 radical (unpaired) electrons. The van der Waals surface area contributed by atoms with Crippen LogP contribution in [0, 0.1) is 6.92 Å². The van der Waals surface area contributed by atoms with E-state index in [9.17, 15) is 4.79 Å². The molecule has 5 heteroatoms. The predicted molar refractivity (Wildman–Crippen MR) is 93.1 cm³/mol. The van der Waals surface area contributed by atoms with Crippen molar-refractivity contribution in [1.29, 1.82) is 0 Å². The molecule has 1 N–H and O–H groups in total. The SMILES string of the molecule is CC(=O)NCc1ccc(C2CCCN2Cc2cccc(C)n2)nc1. The van der Waals surface area contributed by atoms with Gasteiger partial charge in [-0.1, -0.05) is 12.1 Å². The number of hydrogen-bond acceptors (Lipinski definition) is 4. The van der Waals surface area contributed by atoms with Crippen LogP contribution >= 0.6 is 0 Å². The minimum Gasteiger partial charge on any atom is -0.352 e. The molecule has 24 heavy (non-hydrogen) atoms. The molecular formula is C19H24N4O. The number of aryl methyl sites for hydroxylation is 1. The van der Waals surface area contributed by atoms with Crippen molar-refractivity contribution in [2.24, 2.45) is 0 Å². The summed E-state index contributed by atoms with van der Waals surface area (Å²) in [5, 5.41) is 2.80. The van der Waals surface area contributed by atoms with Crippen molar-refractivity contribution in [2.75, 3.05) is 6.54 Å². The number of likely N-dealkylation sites (tertiary alicyclic amines) is 1. The summed E-state index contributed by atoms with van der Waals surface area (Å²) in [7, 11) is 0. The van der Waals surface area contributed by atoms with Crippen LogP contribution in [0.25, 0.3) is 0 Å². The summed E-state index contributed by atoms with van der Waals surface area (Å²) < 4.78 is 0. The number of hydrogen-bond donors (Lipinski definition) is 1. The first kappa shape index (κ1) is 16.6. The van der Waals surface area contributed by atoms with Gasteiger partial charge in [0.2, 0.25) is 5.91 Å². The molecule has 5 nitrogen and oxygen atoms in total. The fourth-order valence-corrected chi connectivity index (χ4v) is 3.21. The average molecular weight is 324 g/mol. The van der Waals surface area contributed by atoms with Gasteiger partial charge < -0.3 is 5.32 Å². The van der Waals surface area contributed by atoms with E-state index >= 15 is 0 Å². The maximum Gasteiger partial charge on any atom is 0.217 e. The summed E-state index contributed by atoms with van der Waals surface area (Å²) in [4.78, 5) is 22.7. The van der Waals surface area contributed by atoms with E-state index in [-0.39, 0.29) is 5.91 Å². The molecule has 1 aliphatic rings. The van der Waals surface area contributed by atoms with Crippen molar-refractivity contribution in [3.63, 3.8) is 0 Å². The normalized spacial score (nSPS) is 17.8. The van der Waals surface area contributed by atoms with Crippen molar-refractivity contribution >= 4 is 5.91 Å². The predicted octanol–water partition coefficient (Wildman–Crippen LogP) is 2.76. The third kappa shape index (κ3) is 4.17. The molecule has 1 aliphatic heterocycles. The quantitative estimate of drug-likeness (QED) is 0.919. The second kappa shape index (κ2) is 7.53. The molecule has 0 spiro atoms. The number of rotatable bonds is 5. The van der Waals surface area contributed by atoms with Crippen molar-refractivity contribution in [2.45, 2.75) is 45.8 Å². The van der Waals surface area contributed by atoms with Crippen LogP contribution in [0.2, 0.25) is 0 Å². The smallest absolute Gasteiger partial charge is 0.217 e. The third-order valence-electron chi connectivity index (χ3n) is 4.41. The number of carbonyl (C=O) groups is 1. The largest absolute Gasteiger partial charge is 0.352 e. The van der Waals surface area contributed by atoms with E-state index in [2.05, 4.69) is 44.5 Å². The molecule has 2 aromatic rings. The third-order valence-corrected chi connectivity index (χ3v) is 4.41. The van der Waals surface area contributed by atoms with Crippen molar-refractivity contribution in [3.8, 4) is 0 Å². The minimum absolute atomic E-state index is 0.0216. The molecule has 3 heterocycles. The lowest BCUT2D eigenvalue weighted by atomic mass is 10.1. The van der Waals surface area contributed by atoms with Crippen molar-refractivity contribution < 1.29 is 4.79 Å². The van der Waals surface area contributed by atoms with Gasteiger partial charge in [0.1, 0.15) is 0 Å². The summed E-state index contributed by atoms with van der Waals surface area (Å²) in [6.07, 6.45) is 4.18. The fourth-order valence-electron chi connectivity index (χ4n) is 3.21. The van der Waals surface area contributed by atoms with E-state index in [1.165, 1.54) is 13.3 Å². The highest BCUT2D eigenvalue weighted by atomic mass is 16.1. The van der Waals surface area contributed by atoms with E-state index in [1.807, 2.05) is 19.2 Å². The minimum atomic E-state index is -0.0216. The van der Waals surface area contributed by atoms with Crippen LogP contribution in [0.3, 0.4) is 0 Å². The fraction of sp³-hybridized carbons (Fsp3) is 0.421. The number of pyridine rings is 2. The molecule has 126 valence electrons. The maximum absolute atomic E-state index is 11.0. The van der Waals surface area contributed by atoms with E-state index in [0.29, 0.717) is 12.6 Å². The molecule has 1 amide bonds. The molecule has 0 aromatic carbocycles. The lowest BCUT2D eigenvalue weighted by Gasteiger charge is -2.24. The van der Waals surface area contributed by atoms with Gasteiger partial charge in [-0.3, -0.25) is 19.7 Å². The van der Waals surface area contributed by atoms with Gasteiger partial charge in [0.25, 0.3) is 0 Å². The average Bonchev–Trinajstić information content (AvgIpc) is 3.01. The van der Waals surface area contributed by atoms with E-state index in [1.54, 1.807) is 0 Å². The van der Waals surface area contributed by atoms with Gasteiger partial charge in [-0.25, -0.2) is 0 Å². The second-order valence-corrected chi connectivity index (χ2v) is 6.40. The summed E-state index contributed by atoms with van der Waals surface area (Å²) in [5.41, 5.74) is 4.30. The lowest BCUT2D eigenvalue weighted by molar-refractivity contribution is -0.119. The summed E-state index contributed by atoms with van der Waals surface area (Å²) in [6, 6.07) is 10.7. The first-order chi connectivity index (χ1) is 11.6. The van der Waals surface area contributed by atoms with Crippen LogP contribution < -0.4 is 5.32 Å². The monoisotopic (exact) mass is 324 g/mol. The second-order valence-electron chi connectivity index (χ2n) is 6.40. The number of nitrogens with one attached hydrogen (secondary N) is 1. The highest BCUT2D eigenvalue weighted by molar-refractivity contribution is 5.72. The van der Waals surface area contributed by atoms with E-state index in [0.717, 1.165) is 42.2 Å². The Hall–Kier alpha value is -2.27. The first-order valence-corrected chi connectivity index (χ1v) is 8.47. The lowest BCUT2D eigenvalue weighted by Crippen LogP contribution is -2.24. The van der Waals surface area contributed by atoms with Crippen LogP contribution in [-0.4, -0.2) is 27.3 Å². The van der Waals surface area contributed by atoms with Crippen molar-refractivity contribution in [1.82, 2.24) is 20.2 Å². The summed E-state index contributed by atoms with van der Waals surface area (Å²) >= 11 is 0. The van der Waals surface area contributed by atoms with Crippen LogP contribution in [0.1, 0.15) is 48.5 Å².